The predicted molar refractivity (Wildman–Crippen MR) is 114 cm³/mol. The predicted octanol–water partition coefficient (Wildman–Crippen LogP) is 6.96. The quantitative estimate of drug-likeness (QED) is 0.530. The van der Waals surface area contributed by atoms with Crippen LogP contribution in [-0.2, 0) is 9.59 Å². The highest BCUT2D eigenvalue weighted by Crippen LogP contribution is 2.53. The third-order valence-corrected chi connectivity index (χ3v) is 8.00. The molecule has 0 heterocycles. The van der Waals surface area contributed by atoms with Crippen molar-refractivity contribution in [2.24, 2.45) is 16.7 Å². The third-order valence-electron chi connectivity index (χ3n) is 5.92. The fourth-order valence-corrected chi connectivity index (χ4v) is 5.64. The molecule has 2 aliphatic rings. The van der Waals surface area contributed by atoms with Crippen LogP contribution in [0.4, 0.5) is 5.69 Å². The molecule has 3 nitrogen and oxygen atoms in total. The van der Waals surface area contributed by atoms with E-state index in [9.17, 15) is 9.59 Å². The van der Waals surface area contributed by atoms with Gasteiger partial charge in [-0.25, -0.2) is 0 Å². The molecular weight excluding hydrogens is 401 g/mol. The summed E-state index contributed by atoms with van der Waals surface area (Å²) in [5.74, 6) is 0.550. The lowest BCUT2D eigenvalue weighted by atomic mass is 9.67. The number of halogens is 2. The van der Waals surface area contributed by atoms with Gasteiger partial charge in [0.2, 0.25) is 5.91 Å². The van der Waals surface area contributed by atoms with Gasteiger partial charge < -0.3 is 5.32 Å². The van der Waals surface area contributed by atoms with Gasteiger partial charge in [0.15, 0.2) is 5.12 Å². The maximum absolute atomic E-state index is 13.3. The monoisotopic (exact) mass is 427 g/mol. The van der Waals surface area contributed by atoms with E-state index in [1.54, 1.807) is 12.1 Å². The van der Waals surface area contributed by atoms with Crippen LogP contribution in [0.1, 0.15) is 65.7 Å². The van der Waals surface area contributed by atoms with Crippen molar-refractivity contribution >= 4 is 51.7 Å². The van der Waals surface area contributed by atoms with Gasteiger partial charge in [0, 0.05) is 10.3 Å². The van der Waals surface area contributed by atoms with Crippen LogP contribution in [-0.4, -0.2) is 11.0 Å². The molecule has 1 amide bonds. The fourth-order valence-electron chi connectivity index (χ4n) is 4.35. The van der Waals surface area contributed by atoms with Gasteiger partial charge in [0.1, 0.15) is 0 Å². The first-order valence-electron chi connectivity index (χ1n) is 9.66. The van der Waals surface area contributed by atoms with Crippen LogP contribution in [0.25, 0.3) is 0 Å². The number of amides is 1. The third kappa shape index (κ3) is 4.33. The minimum atomic E-state index is -0.489. The number of nitrogens with one attached hydrogen (secondary N) is 1. The smallest absolute Gasteiger partial charge is 0.230 e. The average Bonchev–Trinajstić information content (AvgIpc) is 3.03. The zero-order valence-electron chi connectivity index (χ0n) is 16.2. The van der Waals surface area contributed by atoms with Gasteiger partial charge in [-0.05, 0) is 55.5 Å². The van der Waals surface area contributed by atoms with E-state index in [0.717, 1.165) is 50.3 Å². The molecule has 148 valence electrons. The van der Waals surface area contributed by atoms with Crippen LogP contribution in [0, 0.1) is 16.7 Å². The van der Waals surface area contributed by atoms with Gasteiger partial charge in [-0.3, -0.25) is 9.59 Å². The Labute approximate surface area is 175 Å². The second kappa shape index (κ2) is 7.96. The number of carbonyl (C=O) groups is 2. The van der Waals surface area contributed by atoms with Crippen molar-refractivity contribution in [3.8, 4) is 0 Å². The molecule has 0 aromatic heterocycles. The van der Waals surface area contributed by atoms with Gasteiger partial charge in [-0.15, -0.1) is 0 Å². The minimum absolute atomic E-state index is 0.0194. The van der Waals surface area contributed by atoms with Crippen LogP contribution in [0.15, 0.2) is 17.0 Å². The molecule has 0 saturated heterocycles. The van der Waals surface area contributed by atoms with Gasteiger partial charge in [-0.2, -0.15) is 0 Å². The number of rotatable bonds is 3. The number of fused-ring (bicyclic) bond motifs is 1. The van der Waals surface area contributed by atoms with Crippen molar-refractivity contribution in [1.29, 1.82) is 0 Å². The zero-order chi connectivity index (χ0) is 19.8. The molecule has 0 radical (unpaired) electrons. The van der Waals surface area contributed by atoms with E-state index in [-0.39, 0.29) is 16.4 Å². The van der Waals surface area contributed by atoms with Crippen LogP contribution in [0.3, 0.4) is 0 Å². The van der Waals surface area contributed by atoms with Gasteiger partial charge in [-0.1, -0.05) is 63.2 Å². The van der Waals surface area contributed by atoms with Crippen LogP contribution in [0.2, 0.25) is 10.0 Å². The SMILES string of the molecule is CC(C)(C)C(=O)Sc1cc(Cl)c(Cl)cc1NC(=O)[C@@]12CCCC[C@@H]1CCC2. The standard InChI is InChI=1S/C21H27Cl2NO2S/c1-20(2,3)19(26)27-17-12-15(23)14(22)11-16(17)24-18(25)21-9-5-4-7-13(21)8-6-10-21/h11-13H,4-10H2,1-3H3,(H,24,25)/t13-,21-/m1/s1. The summed E-state index contributed by atoms with van der Waals surface area (Å²) in [7, 11) is 0. The number of anilines is 1. The lowest BCUT2D eigenvalue weighted by Crippen LogP contribution is -2.41. The van der Waals surface area contributed by atoms with E-state index in [0.29, 0.717) is 26.5 Å². The Bertz CT molecular complexity index is 759. The number of carbonyl (C=O) groups excluding carboxylic acids is 2. The maximum Gasteiger partial charge on any atom is 0.230 e. The largest absolute Gasteiger partial charge is 0.325 e. The molecule has 6 heteroatoms. The Balaban J connectivity index is 1.88. The normalized spacial score (nSPS) is 25.1. The molecule has 2 saturated carbocycles. The Kier molecular flexibility index (Phi) is 6.20. The summed E-state index contributed by atoms with van der Waals surface area (Å²) >= 11 is 13.5. The van der Waals surface area contributed by atoms with Crippen molar-refractivity contribution in [2.75, 3.05) is 5.32 Å². The van der Waals surface area contributed by atoms with Crippen LogP contribution < -0.4 is 5.32 Å². The molecule has 0 bridgehead atoms. The highest BCUT2D eigenvalue weighted by atomic mass is 35.5. The molecule has 1 aromatic carbocycles. The molecule has 1 N–H and O–H groups in total. The summed E-state index contributed by atoms with van der Waals surface area (Å²) in [5, 5.41) is 3.89. The summed E-state index contributed by atoms with van der Waals surface area (Å²) in [6.45, 7) is 5.63. The molecule has 0 aliphatic heterocycles. The van der Waals surface area contributed by atoms with E-state index < -0.39 is 5.41 Å². The molecule has 2 aliphatic carbocycles. The molecular formula is C21H27Cl2NO2S. The summed E-state index contributed by atoms with van der Waals surface area (Å²) in [6.07, 6.45) is 7.62. The highest BCUT2D eigenvalue weighted by Gasteiger charge is 2.49. The number of hydrogen-bond donors (Lipinski definition) is 1. The Morgan fingerprint density at radius 3 is 2.41 bits per heavy atom. The zero-order valence-corrected chi connectivity index (χ0v) is 18.5. The van der Waals surface area contributed by atoms with Crippen LogP contribution >= 0.6 is 35.0 Å². The Morgan fingerprint density at radius 2 is 1.70 bits per heavy atom. The second-order valence-corrected chi connectivity index (χ2v) is 10.7. The van der Waals surface area contributed by atoms with Crippen molar-refractivity contribution in [2.45, 2.75) is 70.6 Å². The summed E-state index contributed by atoms with van der Waals surface area (Å²) < 4.78 is 0. The molecule has 1 aromatic rings. The molecule has 0 unspecified atom stereocenters. The first-order chi connectivity index (χ1) is 12.6. The van der Waals surface area contributed by atoms with E-state index >= 15 is 0 Å². The van der Waals surface area contributed by atoms with Gasteiger partial charge in [0.05, 0.1) is 21.1 Å². The second-order valence-electron chi connectivity index (χ2n) is 8.85. The fraction of sp³-hybridized carbons (Fsp3) is 0.619. The van der Waals surface area contributed by atoms with E-state index in [1.165, 1.54) is 6.42 Å². The van der Waals surface area contributed by atoms with Crippen molar-refractivity contribution in [1.82, 2.24) is 0 Å². The summed E-state index contributed by atoms with van der Waals surface area (Å²) in [4.78, 5) is 26.5. The lowest BCUT2D eigenvalue weighted by molar-refractivity contribution is -0.129. The minimum Gasteiger partial charge on any atom is -0.325 e. The number of hydrogen-bond acceptors (Lipinski definition) is 3. The Morgan fingerprint density at radius 1 is 1.07 bits per heavy atom. The molecule has 27 heavy (non-hydrogen) atoms. The maximum atomic E-state index is 13.3. The van der Waals surface area contributed by atoms with Gasteiger partial charge >= 0.3 is 0 Å². The molecule has 3 rings (SSSR count). The lowest BCUT2D eigenvalue weighted by Gasteiger charge is -2.38. The topological polar surface area (TPSA) is 46.2 Å². The summed E-state index contributed by atoms with van der Waals surface area (Å²) in [5.41, 5.74) is -0.167. The van der Waals surface area contributed by atoms with E-state index in [2.05, 4.69) is 5.32 Å². The molecule has 2 fully saturated rings. The molecule has 2 atom stereocenters. The molecule has 0 spiro atoms. The Hall–Kier alpha value is -0.710. The average molecular weight is 428 g/mol. The first-order valence-corrected chi connectivity index (χ1v) is 11.2. The van der Waals surface area contributed by atoms with Crippen molar-refractivity contribution in [3.63, 3.8) is 0 Å². The van der Waals surface area contributed by atoms with E-state index in [4.69, 9.17) is 23.2 Å². The van der Waals surface area contributed by atoms with E-state index in [1.807, 2.05) is 20.8 Å². The first kappa shape index (κ1) is 21.0. The highest BCUT2D eigenvalue weighted by molar-refractivity contribution is 8.13. The number of benzene rings is 1. The number of thioether (sulfide) groups is 1. The van der Waals surface area contributed by atoms with Gasteiger partial charge in [0.25, 0.3) is 0 Å². The summed E-state index contributed by atoms with van der Waals surface area (Å²) in [6, 6.07) is 3.35. The van der Waals surface area contributed by atoms with Crippen molar-refractivity contribution in [3.05, 3.63) is 22.2 Å². The van der Waals surface area contributed by atoms with Crippen LogP contribution in [0.5, 0.6) is 0 Å². The van der Waals surface area contributed by atoms with Crippen molar-refractivity contribution < 1.29 is 9.59 Å².